The lowest BCUT2D eigenvalue weighted by atomic mass is 10.2. The fourth-order valence-corrected chi connectivity index (χ4v) is 1.63. The van der Waals surface area contributed by atoms with Crippen LogP contribution in [-0.2, 0) is 0 Å². The molecule has 0 radical (unpaired) electrons. The minimum absolute atomic E-state index is 0.618. The molecule has 1 rings (SSSR count). The largest absolute Gasteiger partial charge is 0.497 e. The molecule has 66 valence electrons. The van der Waals surface area contributed by atoms with Crippen molar-refractivity contribution < 1.29 is 4.74 Å². The highest BCUT2D eigenvalue weighted by Gasteiger charge is 1.98. The Labute approximate surface area is 77.1 Å². The van der Waals surface area contributed by atoms with Gasteiger partial charge in [0.1, 0.15) is 5.75 Å². The molecular formula is C9H13NOS. The van der Waals surface area contributed by atoms with Gasteiger partial charge in [-0.25, -0.2) is 0 Å². The number of hydrogen-bond acceptors (Lipinski definition) is 3. The number of thioether (sulfide) groups is 1. The monoisotopic (exact) mass is 183 g/mol. The van der Waals surface area contributed by atoms with Crippen molar-refractivity contribution in [3.05, 3.63) is 23.8 Å². The van der Waals surface area contributed by atoms with Gasteiger partial charge in [0, 0.05) is 10.8 Å². The zero-order valence-corrected chi connectivity index (χ0v) is 8.15. The van der Waals surface area contributed by atoms with E-state index < -0.39 is 0 Å². The Hall–Kier alpha value is -0.670. The fraction of sp³-hybridized carbons (Fsp3) is 0.333. The van der Waals surface area contributed by atoms with Crippen LogP contribution in [0.5, 0.6) is 5.75 Å². The summed E-state index contributed by atoms with van der Waals surface area (Å²) < 4.78 is 5.09. The van der Waals surface area contributed by atoms with Crippen LogP contribution in [0.15, 0.2) is 23.1 Å². The lowest BCUT2D eigenvalue weighted by Crippen LogP contribution is -1.93. The Kier molecular flexibility index (Phi) is 3.44. The van der Waals surface area contributed by atoms with Gasteiger partial charge < -0.3 is 10.5 Å². The van der Waals surface area contributed by atoms with Crippen molar-refractivity contribution >= 4 is 11.8 Å². The van der Waals surface area contributed by atoms with E-state index in [2.05, 4.69) is 6.92 Å². The van der Waals surface area contributed by atoms with Crippen LogP contribution >= 0.6 is 11.8 Å². The van der Waals surface area contributed by atoms with Crippen molar-refractivity contribution in [2.75, 3.05) is 13.0 Å². The van der Waals surface area contributed by atoms with E-state index in [9.17, 15) is 0 Å². The standard InChI is InChI=1S/C9H13NOS/c1-7-5-8(11-2)3-4-9(7)12-6-10/h3-5H,6,10H2,1-2H3. The first kappa shape index (κ1) is 9.42. The summed E-state index contributed by atoms with van der Waals surface area (Å²) in [6, 6.07) is 5.99. The topological polar surface area (TPSA) is 35.2 Å². The first-order chi connectivity index (χ1) is 5.77. The van der Waals surface area contributed by atoms with E-state index in [-0.39, 0.29) is 0 Å². The lowest BCUT2D eigenvalue weighted by molar-refractivity contribution is 0.414. The van der Waals surface area contributed by atoms with E-state index in [1.165, 1.54) is 10.5 Å². The first-order valence-corrected chi connectivity index (χ1v) is 4.74. The van der Waals surface area contributed by atoms with Crippen molar-refractivity contribution in [2.45, 2.75) is 11.8 Å². The second-order valence-corrected chi connectivity index (χ2v) is 3.50. The van der Waals surface area contributed by atoms with Crippen LogP contribution in [0.1, 0.15) is 5.56 Å². The smallest absolute Gasteiger partial charge is 0.119 e. The average molecular weight is 183 g/mol. The molecule has 0 heterocycles. The first-order valence-electron chi connectivity index (χ1n) is 3.75. The predicted octanol–water partition coefficient (Wildman–Crippen LogP) is 2.01. The van der Waals surface area contributed by atoms with Gasteiger partial charge in [-0.05, 0) is 30.7 Å². The van der Waals surface area contributed by atoms with Crippen LogP contribution in [0.4, 0.5) is 0 Å². The number of nitrogens with two attached hydrogens (primary N) is 1. The van der Waals surface area contributed by atoms with E-state index in [0.717, 1.165) is 5.75 Å². The third kappa shape index (κ3) is 2.16. The van der Waals surface area contributed by atoms with Gasteiger partial charge >= 0.3 is 0 Å². The fourth-order valence-electron chi connectivity index (χ4n) is 1.00. The molecule has 0 amide bonds. The Morgan fingerprint density at radius 2 is 2.25 bits per heavy atom. The van der Waals surface area contributed by atoms with Gasteiger partial charge in [-0.2, -0.15) is 0 Å². The van der Waals surface area contributed by atoms with E-state index in [4.69, 9.17) is 10.5 Å². The van der Waals surface area contributed by atoms with Gasteiger partial charge in [0.2, 0.25) is 0 Å². The molecule has 0 aliphatic heterocycles. The molecule has 12 heavy (non-hydrogen) atoms. The summed E-state index contributed by atoms with van der Waals surface area (Å²) in [5.74, 6) is 1.52. The molecule has 0 saturated carbocycles. The highest BCUT2D eigenvalue weighted by Crippen LogP contribution is 2.24. The number of methoxy groups -OCH3 is 1. The average Bonchev–Trinajstić information content (AvgIpc) is 2.09. The molecule has 0 fully saturated rings. The predicted molar refractivity (Wildman–Crippen MR) is 52.6 cm³/mol. The summed E-state index contributed by atoms with van der Waals surface area (Å²) in [7, 11) is 1.67. The second kappa shape index (κ2) is 4.38. The zero-order chi connectivity index (χ0) is 8.97. The molecule has 0 aliphatic rings. The zero-order valence-electron chi connectivity index (χ0n) is 7.33. The van der Waals surface area contributed by atoms with E-state index in [1.807, 2.05) is 18.2 Å². The maximum Gasteiger partial charge on any atom is 0.119 e. The summed E-state index contributed by atoms with van der Waals surface area (Å²) >= 11 is 1.64. The van der Waals surface area contributed by atoms with Gasteiger partial charge in [0.25, 0.3) is 0 Å². The van der Waals surface area contributed by atoms with Gasteiger partial charge in [0.15, 0.2) is 0 Å². The third-order valence-corrected chi connectivity index (χ3v) is 2.56. The molecule has 0 spiro atoms. The van der Waals surface area contributed by atoms with Crippen LogP contribution in [0.2, 0.25) is 0 Å². The van der Waals surface area contributed by atoms with Crippen molar-refractivity contribution in [2.24, 2.45) is 5.73 Å². The molecule has 0 atom stereocenters. The molecule has 0 saturated heterocycles. The van der Waals surface area contributed by atoms with Gasteiger partial charge in [-0.1, -0.05) is 0 Å². The number of benzene rings is 1. The molecule has 1 aromatic rings. The molecule has 3 heteroatoms. The number of rotatable bonds is 3. The molecule has 0 aliphatic carbocycles. The highest BCUT2D eigenvalue weighted by molar-refractivity contribution is 7.99. The molecule has 0 aromatic heterocycles. The molecule has 0 bridgehead atoms. The van der Waals surface area contributed by atoms with Crippen molar-refractivity contribution in [3.63, 3.8) is 0 Å². The molecule has 2 N–H and O–H groups in total. The molecule has 0 unspecified atom stereocenters. The van der Waals surface area contributed by atoms with Crippen LogP contribution in [0, 0.1) is 6.92 Å². The van der Waals surface area contributed by atoms with E-state index in [0.29, 0.717) is 5.88 Å². The van der Waals surface area contributed by atoms with Crippen LogP contribution in [0.3, 0.4) is 0 Å². The normalized spacial score (nSPS) is 9.92. The van der Waals surface area contributed by atoms with Crippen molar-refractivity contribution in [1.82, 2.24) is 0 Å². The minimum Gasteiger partial charge on any atom is -0.497 e. The summed E-state index contributed by atoms with van der Waals surface area (Å²) in [5, 5.41) is 0. The van der Waals surface area contributed by atoms with E-state index in [1.54, 1.807) is 18.9 Å². The number of hydrogen-bond donors (Lipinski definition) is 1. The Bertz CT molecular complexity index is 263. The summed E-state index contributed by atoms with van der Waals surface area (Å²) in [4.78, 5) is 1.22. The van der Waals surface area contributed by atoms with Crippen molar-refractivity contribution in [3.8, 4) is 5.75 Å². The Morgan fingerprint density at radius 1 is 1.50 bits per heavy atom. The summed E-state index contributed by atoms with van der Waals surface area (Å²) in [5.41, 5.74) is 6.64. The Balaban J connectivity index is 2.87. The third-order valence-electron chi connectivity index (χ3n) is 1.62. The van der Waals surface area contributed by atoms with Crippen molar-refractivity contribution in [1.29, 1.82) is 0 Å². The van der Waals surface area contributed by atoms with Gasteiger partial charge in [-0.15, -0.1) is 11.8 Å². The Morgan fingerprint density at radius 3 is 2.75 bits per heavy atom. The van der Waals surface area contributed by atoms with Crippen LogP contribution in [-0.4, -0.2) is 13.0 Å². The second-order valence-electron chi connectivity index (χ2n) is 2.44. The van der Waals surface area contributed by atoms with Crippen LogP contribution in [0.25, 0.3) is 0 Å². The van der Waals surface area contributed by atoms with E-state index >= 15 is 0 Å². The van der Waals surface area contributed by atoms with Gasteiger partial charge in [-0.3, -0.25) is 0 Å². The quantitative estimate of drug-likeness (QED) is 0.575. The summed E-state index contributed by atoms with van der Waals surface area (Å²) in [6.45, 7) is 2.06. The van der Waals surface area contributed by atoms with Gasteiger partial charge in [0.05, 0.1) is 7.11 Å². The summed E-state index contributed by atoms with van der Waals surface area (Å²) in [6.07, 6.45) is 0. The molecular weight excluding hydrogens is 170 g/mol. The molecule has 1 aromatic carbocycles. The number of aryl methyl sites for hydroxylation is 1. The maximum absolute atomic E-state index is 5.43. The highest BCUT2D eigenvalue weighted by atomic mass is 32.2. The number of ether oxygens (including phenoxy) is 1. The SMILES string of the molecule is COc1ccc(SCN)c(C)c1. The van der Waals surface area contributed by atoms with Crippen LogP contribution < -0.4 is 10.5 Å². The lowest BCUT2D eigenvalue weighted by Gasteiger charge is -2.05. The molecule has 2 nitrogen and oxygen atoms in total. The maximum atomic E-state index is 5.43. The minimum atomic E-state index is 0.618.